The Balaban J connectivity index is 1.99. The van der Waals surface area contributed by atoms with E-state index in [1.807, 2.05) is 0 Å². The van der Waals surface area contributed by atoms with E-state index in [2.05, 4.69) is 4.98 Å². The second-order valence-corrected chi connectivity index (χ2v) is 5.38. The zero-order valence-corrected chi connectivity index (χ0v) is 11.9. The third-order valence-electron chi connectivity index (χ3n) is 3.86. The molecule has 3 rings (SSSR count). The summed E-state index contributed by atoms with van der Waals surface area (Å²) in [4.78, 5) is 17.2. The molecule has 1 aliphatic heterocycles. The number of carbonyl (C=O) groups is 1. The molecule has 1 N–H and O–H groups in total. The van der Waals surface area contributed by atoms with Crippen LogP contribution in [-0.2, 0) is 0 Å². The van der Waals surface area contributed by atoms with Crippen molar-refractivity contribution in [3.05, 3.63) is 65.2 Å². The number of amides is 1. The van der Waals surface area contributed by atoms with Gasteiger partial charge in [0.05, 0.1) is 23.9 Å². The van der Waals surface area contributed by atoms with Crippen LogP contribution in [0, 0.1) is 17.5 Å². The lowest BCUT2D eigenvalue weighted by molar-refractivity contribution is 0.0709. The number of aliphatic hydroxyl groups is 1. The van der Waals surface area contributed by atoms with Crippen molar-refractivity contribution in [3.8, 4) is 0 Å². The van der Waals surface area contributed by atoms with Crippen molar-refractivity contribution < 1.29 is 23.1 Å². The Hall–Kier alpha value is -2.41. The van der Waals surface area contributed by atoms with Crippen LogP contribution in [0.25, 0.3) is 0 Å². The fraction of sp³-hybridized carbons (Fsp3) is 0.250. The third-order valence-corrected chi connectivity index (χ3v) is 3.86. The van der Waals surface area contributed by atoms with E-state index in [4.69, 9.17) is 0 Å². The van der Waals surface area contributed by atoms with Crippen molar-refractivity contribution in [1.29, 1.82) is 0 Å². The van der Waals surface area contributed by atoms with Crippen molar-refractivity contribution in [3.63, 3.8) is 0 Å². The molecule has 1 fully saturated rings. The first-order valence-electron chi connectivity index (χ1n) is 7.01. The van der Waals surface area contributed by atoms with E-state index in [1.165, 1.54) is 12.3 Å². The third kappa shape index (κ3) is 2.92. The van der Waals surface area contributed by atoms with E-state index in [-0.39, 0.29) is 24.1 Å². The number of carbonyl (C=O) groups excluding carboxylic acids is 1. The molecule has 0 aliphatic carbocycles. The summed E-state index contributed by atoms with van der Waals surface area (Å²) in [5, 5.41) is 9.84. The van der Waals surface area contributed by atoms with Crippen LogP contribution in [0.4, 0.5) is 13.2 Å². The van der Waals surface area contributed by atoms with Crippen LogP contribution < -0.4 is 0 Å². The van der Waals surface area contributed by atoms with Gasteiger partial charge in [0, 0.05) is 18.3 Å². The lowest BCUT2D eigenvalue weighted by Gasteiger charge is -2.25. The van der Waals surface area contributed by atoms with Crippen LogP contribution in [0.2, 0.25) is 0 Å². The molecule has 1 aromatic carbocycles. The van der Waals surface area contributed by atoms with E-state index < -0.39 is 35.5 Å². The summed E-state index contributed by atoms with van der Waals surface area (Å²) in [6.45, 7) is -0.0821. The van der Waals surface area contributed by atoms with Crippen LogP contribution in [0.5, 0.6) is 0 Å². The zero-order valence-electron chi connectivity index (χ0n) is 11.9. The largest absolute Gasteiger partial charge is 0.391 e. The molecule has 4 nitrogen and oxygen atoms in total. The van der Waals surface area contributed by atoms with Gasteiger partial charge in [-0.3, -0.25) is 9.78 Å². The Morgan fingerprint density at radius 3 is 2.74 bits per heavy atom. The molecule has 1 aromatic heterocycles. The minimum absolute atomic E-state index is 0.0376. The summed E-state index contributed by atoms with van der Waals surface area (Å²) in [5.74, 6) is -2.84. The van der Waals surface area contributed by atoms with Gasteiger partial charge in [0.2, 0.25) is 0 Å². The maximum absolute atomic E-state index is 14.0. The van der Waals surface area contributed by atoms with Crippen LogP contribution in [-0.4, -0.2) is 33.5 Å². The molecule has 120 valence electrons. The summed E-state index contributed by atoms with van der Waals surface area (Å²) < 4.78 is 41.2. The summed E-state index contributed by atoms with van der Waals surface area (Å²) >= 11 is 0. The van der Waals surface area contributed by atoms with Crippen molar-refractivity contribution in [1.82, 2.24) is 9.88 Å². The monoisotopic (exact) mass is 322 g/mol. The van der Waals surface area contributed by atoms with Crippen molar-refractivity contribution in [2.24, 2.45) is 0 Å². The molecular weight excluding hydrogens is 309 g/mol. The molecule has 1 amide bonds. The number of likely N-dealkylation sites (tertiary alicyclic amines) is 1. The number of halogens is 3. The van der Waals surface area contributed by atoms with E-state index in [1.54, 1.807) is 0 Å². The molecule has 23 heavy (non-hydrogen) atoms. The van der Waals surface area contributed by atoms with Crippen molar-refractivity contribution in [2.75, 3.05) is 6.54 Å². The first kappa shape index (κ1) is 15.5. The van der Waals surface area contributed by atoms with Gasteiger partial charge in [-0.05, 0) is 30.7 Å². The SMILES string of the molecule is O=C(c1ccncc1F)N1C[C@H](O)C[C@@H]1c1cc(F)ccc1F. The van der Waals surface area contributed by atoms with Crippen LogP contribution in [0.1, 0.15) is 28.4 Å². The number of hydrogen-bond acceptors (Lipinski definition) is 3. The van der Waals surface area contributed by atoms with Gasteiger partial charge in [-0.2, -0.15) is 0 Å². The molecule has 0 spiro atoms. The Morgan fingerprint density at radius 2 is 2.00 bits per heavy atom. The second kappa shape index (κ2) is 6.00. The quantitative estimate of drug-likeness (QED) is 0.924. The molecule has 2 atom stereocenters. The van der Waals surface area contributed by atoms with E-state index >= 15 is 0 Å². The number of rotatable bonds is 2. The van der Waals surface area contributed by atoms with Crippen molar-refractivity contribution >= 4 is 5.91 Å². The second-order valence-electron chi connectivity index (χ2n) is 5.38. The number of benzene rings is 1. The summed E-state index contributed by atoms with van der Waals surface area (Å²) in [6.07, 6.45) is 1.33. The van der Waals surface area contributed by atoms with Gasteiger partial charge in [-0.15, -0.1) is 0 Å². The normalized spacial score (nSPS) is 20.8. The number of β-amino-alcohol motifs (C(OH)–C–C–N with tert-alkyl or cyclic N) is 1. The molecule has 7 heteroatoms. The predicted octanol–water partition coefficient (Wildman–Crippen LogP) is 2.45. The van der Waals surface area contributed by atoms with Gasteiger partial charge in [0.25, 0.3) is 5.91 Å². The molecule has 0 bridgehead atoms. The van der Waals surface area contributed by atoms with Crippen LogP contribution in [0.15, 0.2) is 36.7 Å². The number of aromatic nitrogens is 1. The first-order chi connectivity index (χ1) is 11.0. The highest BCUT2D eigenvalue weighted by atomic mass is 19.1. The summed E-state index contributed by atoms with van der Waals surface area (Å²) in [5.41, 5.74) is -0.264. The fourth-order valence-corrected chi connectivity index (χ4v) is 2.81. The molecule has 1 aliphatic rings. The van der Waals surface area contributed by atoms with Crippen molar-refractivity contribution in [2.45, 2.75) is 18.6 Å². The number of nitrogens with zero attached hydrogens (tertiary/aromatic N) is 2. The highest BCUT2D eigenvalue weighted by Crippen LogP contribution is 2.35. The van der Waals surface area contributed by atoms with Crippen LogP contribution in [0.3, 0.4) is 0 Å². The number of hydrogen-bond donors (Lipinski definition) is 1. The number of aliphatic hydroxyl groups excluding tert-OH is 1. The first-order valence-corrected chi connectivity index (χ1v) is 7.01. The molecule has 1 saturated heterocycles. The highest BCUT2D eigenvalue weighted by Gasteiger charge is 2.38. The molecule has 0 radical (unpaired) electrons. The molecule has 2 heterocycles. The molecule has 0 saturated carbocycles. The lowest BCUT2D eigenvalue weighted by Crippen LogP contribution is -2.32. The van der Waals surface area contributed by atoms with Gasteiger partial charge >= 0.3 is 0 Å². The number of pyridine rings is 1. The molecular formula is C16H13F3N2O2. The van der Waals surface area contributed by atoms with E-state index in [0.717, 1.165) is 29.3 Å². The van der Waals surface area contributed by atoms with Crippen LogP contribution >= 0.6 is 0 Å². The van der Waals surface area contributed by atoms with Gasteiger partial charge in [-0.1, -0.05) is 0 Å². The maximum Gasteiger partial charge on any atom is 0.257 e. The maximum atomic E-state index is 14.0. The van der Waals surface area contributed by atoms with Gasteiger partial charge in [-0.25, -0.2) is 13.2 Å². The van der Waals surface area contributed by atoms with Gasteiger partial charge in [0.15, 0.2) is 5.82 Å². The average molecular weight is 322 g/mol. The fourth-order valence-electron chi connectivity index (χ4n) is 2.81. The van der Waals surface area contributed by atoms with E-state index in [0.29, 0.717) is 0 Å². The zero-order chi connectivity index (χ0) is 16.6. The Bertz CT molecular complexity index is 754. The lowest BCUT2D eigenvalue weighted by atomic mass is 10.0. The molecule has 0 unspecified atom stereocenters. The Labute approximate surface area is 130 Å². The van der Waals surface area contributed by atoms with Gasteiger partial charge in [0.1, 0.15) is 11.6 Å². The highest BCUT2D eigenvalue weighted by molar-refractivity contribution is 5.94. The standard InChI is InChI=1S/C16H13F3N2O2/c17-9-1-2-13(18)12(5-9)15-6-10(22)8-21(15)16(23)11-3-4-20-7-14(11)19/h1-5,7,10,15,22H,6,8H2/t10-,15-/m1/s1. The summed E-state index contributed by atoms with van der Waals surface area (Å²) in [7, 11) is 0. The minimum atomic E-state index is -0.892. The Morgan fingerprint density at radius 1 is 1.22 bits per heavy atom. The predicted molar refractivity (Wildman–Crippen MR) is 75.0 cm³/mol. The molecule has 2 aromatic rings. The smallest absolute Gasteiger partial charge is 0.257 e. The minimum Gasteiger partial charge on any atom is -0.391 e. The average Bonchev–Trinajstić information content (AvgIpc) is 2.91. The summed E-state index contributed by atoms with van der Waals surface area (Å²) in [6, 6.07) is 3.27. The Kier molecular flexibility index (Phi) is 4.04. The van der Waals surface area contributed by atoms with E-state index in [9.17, 15) is 23.1 Å². The van der Waals surface area contributed by atoms with Gasteiger partial charge < -0.3 is 10.0 Å². The topological polar surface area (TPSA) is 53.4 Å².